The molecule has 0 aliphatic rings. The summed E-state index contributed by atoms with van der Waals surface area (Å²) in [6.07, 6.45) is 0. The molecule has 4 heteroatoms. The summed E-state index contributed by atoms with van der Waals surface area (Å²) in [5.74, 6) is -0.800. The molecule has 0 aliphatic carbocycles. The van der Waals surface area contributed by atoms with E-state index in [-0.39, 0.29) is 11.9 Å². The van der Waals surface area contributed by atoms with Crippen molar-refractivity contribution in [3.05, 3.63) is 22.4 Å². The van der Waals surface area contributed by atoms with E-state index >= 15 is 0 Å². The predicted octanol–water partition coefficient (Wildman–Crippen LogP) is 2.08. The third kappa shape index (κ3) is 2.57. The second kappa shape index (κ2) is 4.77. The summed E-state index contributed by atoms with van der Waals surface area (Å²) < 4.78 is 0. The molecule has 14 heavy (non-hydrogen) atoms. The minimum atomic E-state index is -0.586. The number of thiophene rings is 1. The Balaban J connectivity index is 2.54. The molecule has 0 aliphatic heterocycles. The van der Waals surface area contributed by atoms with Crippen molar-refractivity contribution in [2.75, 3.05) is 0 Å². The summed E-state index contributed by atoms with van der Waals surface area (Å²) in [7, 11) is 0. The number of nitrogens with one attached hydrogen (secondary N) is 1. The van der Waals surface area contributed by atoms with Crippen molar-refractivity contribution in [2.24, 2.45) is 5.92 Å². The second-order valence-electron chi connectivity index (χ2n) is 3.10. The van der Waals surface area contributed by atoms with Gasteiger partial charge < -0.3 is 5.32 Å². The van der Waals surface area contributed by atoms with Gasteiger partial charge >= 0.3 is 0 Å². The molecule has 1 rings (SSSR count). The lowest BCUT2D eigenvalue weighted by Gasteiger charge is -2.12. The molecule has 0 spiro atoms. The van der Waals surface area contributed by atoms with Crippen LogP contribution in [0.3, 0.4) is 0 Å². The molecule has 2 unspecified atom stereocenters. The first-order valence-electron chi connectivity index (χ1n) is 4.38. The van der Waals surface area contributed by atoms with Gasteiger partial charge in [-0.3, -0.25) is 4.79 Å². The number of carbonyl (C=O) groups is 1. The maximum absolute atomic E-state index is 11.4. The van der Waals surface area contributed by atoms with Crippen molar-refractivity contribution in [1.82, 2.24) is 5.32 Å². The quantitative estimate of drug-likeness (QED) is 0.826. The van der Waals surface area contributed by atoms with Crippen molar-refractivity contribution >= 4 is 17.2 Å². The van der Waals surface area contributed by atoms with Crippen LogP contribution in [0.4, 0.5) is 0 Å². The van der Waals surface area contributed by atoms with E-state index in [0.717, 1.165) is 4.88 Å². The monoisotopic (exact) mass is 208 g/mol. The Morgan fingerprint density at radius 2 is 2.36 bits per heavy atom. The van der Waals surface area contributed by atoms with Gasteiger partial charge in [-0.25, -0.2) is 0 Å². The third-order valence-corrected chi connectivity index (χ3v) is 2.97. The molecule has 0 fully saturated rings. The zero-order valence-corrected chi connectivity index (χ0v) is 8.97. The van der Waals surface area contributed by atoms with Gasteiger partial charge in [-0.05, 0) is 25.3 Å². The van der Waals surface area contributed by atoms with E-state index in [9.17, 15) is 4.79 Å². The summed E-state index contributed by atoms with van der Waals surface area (Å²) in [4.78, 5) is 12.5. The Bertz CT molecular complexity index is 340. The number of hydrogen-bond donors (Lipinski definition) is 1. The zero-order valence-electron chi connectivity index (χ0n) is 8.15. The molecule has 1 aromatic rings. The second-order valence-corrected chi connectivity index (χ2v) is 4.08. The van der Waals surface area contributed by atoms with Crippen LogP contribution in [0.15, 0.2) is 17.5 Å². The van der Waals surface area contributed by atoms with Crippen LogP contribution in [0.5, 0.6) is 0 Å². The molecule has 74 valence electrons. The maximum atomic E-state index is 11.4. The molecule has 1 aromatic heterocycles. The van der Waals surface area contributed by atoms with E-state index in [0.29, 0.717) is 0 Å². The molecule has 1 amide bonds. The lowest BCUT2D eigenvalue weighted by molar-refractivity contribution is -0.123. The molecule has 1 N–H and O–H groups in total. The van der Waals surface area contributed by atoms with Gasteiger partial charge in [-0.15, -0.1) is 11.3 Å². The molecule has 0 saturated carbocycles. The fourth-order valence-electron chi connectivity index (χ4n) is 1.01. The first kappa shape index (κ1) is 10.7. The van der Waals surface area contributed by atoms with Crippen molar-refractivity contribution in [1.29, 1.82) is 5.26 Å². The van der Waals surface area contributed by atoms with Gasteiger partial charge in [0.25, 0.3) is 0 Å². The van der Waals surface area contributed by atoms with Crippen LogP contribution in [-0.4, -0.2) is 5.91 Å². The average Bonchev–Trinajstić information content (AvgIpc) is 2.69. The van der Waals surface area contributed by atoms with E-state index in [1.807, 2.05) is 30.5 Å². The number of hydrogen-bond acceptors (Lipinski definition) is 3. The van der Waals surface area contributed by atoms with E-state index in [1.54, 1.807) is 18.3 Å². The molecule has 1 heterocycles. The van der Waals surface area contributed by atoms with E-state index in [1.165, 1.54) is 0 Å². The number of nitrogens with zero attached hydrogens (tertiary/aromatic N) is 1. The van der Waals surface area contributed by atoms with Crippen LogP contribution in [0.1, 0.15) is 24.8 Å². The molecule has 2 atom stereocenters. The van der Waals surface area contributed by atoms with Crippen LogP contribution in [-0.2, 0) is 4.79 Å². The largest absolute Gasteiger partial charge is 0.348 e. The van der Waals surface area contributed by atoms with Gasteiger partial charge in [0, 0.05) is 4.88 Å². The highest BCUT2D eigenvalue weighted by molar-refractivity contribution is 7.10. The van der Waals surface area contributed by atoms with Crippen LogP contribution >= 0.6 is 11.3 Å². The highest BCUT2D eigenvalue weighted by Crippen LogP contribution is 2.18. The number of rotatable bonds is 3. The molecule has 0 bridgehead atoms. The molecular weight excluding hydrogens is 196 g/mol. The Labute approximate surface area is 87.4 Å². The number of nitriles is 1. The normalized spacial score (nSPS) is 14.1. The van der Waals surface area contributed by atoms with Crippen LogP contribution in [0, 0.1) is 17.2 Å². The summed E-state index contributed by atoms with van der Waals surface area (Å²) >= 11 is 1.59. The van der Waals surface area contributed by atoms with Crippen molar-refractivity contribution in [3.8, 4) is 6.07 Å². The fourth-order valence-corrected chi connectivity index (χ4v) is 1.74. The lowest BCUT2D eigenvalue weighted by atomic mass is 10.2. The summed E-state index contributed by atoms with van der Waals surface area (Å²) in [6, 6.07) is 5.80. The first-order valence-corrected chi connectivity index (χ1v) is 5.26. The summed E-state index contributed by atoms with van der Waals surface area (Å²) in [5.41, 5.74) is 0. The molecule has 0 radical (unpaired) electrons. The fraction of sp³-hybridized carbons (Fsp3) is 0.400. The predicted molar refractivity (Wildman–Crippen MR) is 55.7 cm³/mol. The third-order valence-electron chi connectivity index (χ3n) is 1.92. The molecular formula is C10H12N2OS. The Hall–Kier alpha value is -1.34. The van der Waals surface area contributed by atoms with Gasteiger partial charge in [-0.2, -0.15) is 5.26 Å². The maximum Gasteiger partial charge on any atom is 0.237 e. The number of carbonyl (C=O) groups excluding carboxylic acids is 1. The van der Waals surface area contributed by atoms with E-state index < -0.39 is 5.92 Å². The average molecular weight is 208 g/mol. The van der Waals surface area contributed by atoms with Crippen LogP contribution in [0.25, 0.3) is 0 Å². The zero-order chi connectivity index (χ0) is 10.6. The van der Waals surface area contributed by atoms with Gasteiger partial charge in [-0.1, -0.05) is 6.07 Å². The minimum absolute atomic E-state index is 0.0155. The van der Waals surface area contributed by atoms with Crippen LogP contribution in [0.2, 0.25) is 0 Å². The molecule has 0 aromatic carbocycles. The van der Waals surface area contributed by atoms with Gasteiger partial charge in [0.05, 0.1) is 12.1 Å². The first-order chi connectivity index (χ1) is 6.65. The summed E-state index contributed by atoms with van der Waals surface area (Å²) in [5, 5.41) is 13.3. The Morgan fingerprint density at radius 1 is 1.64 bits per heavy atom. The summed E-state index contributed by atoms with van der Waals surface area (Å²) in [6.45, 7) is 3.50. The SMILES string of the molecule is CC(C#N)C(=O)NC(C)c1cccs1. The van der Waals surface area contributed by atoms with E-state index in [2.05, 4.69) is 5.32 Å². The standard InChI is InChI=1S/C10H12N2OS/c1-7(6-11)10(13)12-8(2)9-4-3-5-14-9/h3-5,7-8H,1-2H3,(H,12,13). The van der Waals surface area contributed by atoms with E-state index in [4.69, 9.17) is 5.26 Å². The lowest BCUT2D eigenvalue weighted by Crippen LogP contribution is -2.30. The highest BCUT2D eigenvalue weighted by atomic mass is 32.1. The number of amides is 1. The molecule has 3 nitrogen and oxygen atoms in total. The van der Waals surface area contributed by atoms with Crippen molar-refractivity contribution in [3.63, 3.8) is 0 Å². The topological polar surface area (TPSA) is 52.9 Å². The van der Waals surface area contributed by atoms with Gasteiger partial charge in [0.2, 0.25) is 5.91 Å². The van der Waals surface area contributed by atoms with Crippen LogP contribution < -0.4 is 5.32 Å². The van der Waals surface area contributed by atoms with Gasteiger partial charge in [0.15, 0.2) is 0 Å². The van der Waals surface area contributed by atoms with Crippen molar-refractivity contribution < 1.29 is 4.79 Å². The van der Waals surface area contributed by atoms with Crippen molar-refractivity contribution in [2.45, 2.75) is 19.9 Å². The van der Waals surface area contributed by atoms with Gasteiger partial charge in [0.1, 0.15) is 5.92 Å². The smallest absolute Gasteiger partial charge is 0.237 e. The molecule has 0 saturated heterocycles. The minimum Gasteiger partial charge on any atom is -0.348 e. The Kier molecular flexibility index (Phi) is 3.66. The Morgan fingerprint density at radius 3 is 2.86 bits per heavy atom. The highest BCUT2D eigenvalue weighted by Gasteiger charge is 2.15.